The molecule has 1 aliphatic rings. The van der Waals surface area contributed by atoms with Crippen LogP contribution < -0.4 is 20.3 Å². The molecule has 1 heterocycles. The first-order chi connectivity index (χ1) is 14.7. The Balaban J connectivity index is 1.23. The Morgan fingerprint density at radius 3 is 2.67 bits per heavy atom. The van der Waals surface area contributed by atoms with Gasteiger partial charge in [-0.2, -0.15) is 0 Å². The van der Waals surface area contributed by atoms with Crippen molar-refractivity contribution in [1.82, 2.24) is 5.32 Å². The highest BCUT2D eigenvalue weighted by atomic mass is 16.5. The fraction of sp³-hybridized carbons (Fsp3) is 0.250. The first kappa shape index (κ1) is 19.8. The maximum absolute atomic E-state index is 12.2. The van der Waals surface area contributed by atoms with Crippen molar-refractivity contribution >= 4 is 34.0 Å². The van der Waals surface area contributed by atoms with Crippen LogP contribution in [0.5, 0.6) is 5.75 Å². The first-order valence-electron chi connectivity index (χ1n) is 10.2. The summed E-state index contributed by atoms with van der Waals surface area (Å²) in [6.45, 7) is 2.28. The second-order valence-corrected chi connectivity index (χ2v) is 7.30. The second-order valence-electron chi connectivity index (χ2n) is 7.30. The Kier molecular flexibility index (Phi) is 6.13. The number of nitrogens with one attached hydrogen (secondary N) is 2. The Bertz CT molecular complexity index is 1030. The average Bonchev–Trinajstić information content (AvgIpc) is 2.77. The van der Waals surface area contributed by atoms with Crippen molar-refractivity contribution in [2.75, 3.05) is 36.5 Å². The standard InChI is InChI=1S/C24H25N3O3/c28-23(9-4-16-30-22-8-3-6-18-5-1-2-7-21(18)22)26-19-10-12-20(13-11-19)27-15-14-25-24(29)17-27/h1-3,5-8,10-13H,4,9,14-17H2,(H,25,29)(H,26,28). The van der Waals surface area contributed by atoms with Crippen molar-refractivity contribution in [2.45, 2.75) is 12.8 Å². The summed E-state index contributed by atoms with van der Waals surface area (Å²) in [4.78, 5) is 25.8. The minimum atomic E-state index is -0.0402. The van der Waals surface area contributed by atoms with E-state index in [0.29, 0.717) is 32.5 Å². The summed E-state index contributed by atoms with van der Waals surface area (Å²) in [6.07, 6.45) is 1.02. The van der Waals surface area contributed by atoms with Crippen LogP contribution in [-0.2, 0) is 9.59 Å². The Morgan fingerprint density at radius 1 is 1.03 bits per heavy atom. The molecule has 0 radical (unpaired) electrons. The number of piperazine rings is 1. The number of carbonyl (C=O) groups is 2. The molecule has 6 heteroatoms. The van der Waals surface area contributed by atoms with Crippen LogP contribution in [0.25, 0.3) is 10.8 Å². The van der Waals surface area contributed by atoms with Gasteiger partial charge in [0.05, 0.1) is 13.2 Å². The highest BCUT2D eigenvalue weighted by molar-refractivity contribution is 5.91. The molecule has 0 spiro atoms. The van der Waals surface area contributed by atoms with E-state index in [1.54, 1.807) is 0 Å². The predicted molar refractivity (Wildman–Crippen MR) is 119 cm³/mol. The van der Waals surface area contributed by atoms with Gasteiger partial charge < -0.3 is 20.3 Å². The van der Waals surface area contributed by atoms with Crippen molar-refractivity contribution in [3.8, 4) is 5.75 Å². The van der Waals surface area contributed by atoms with Crippen molar-refractivity contribution < 1.29 is 14.3 Å². The number of ether oxygens (including phenoxy) is 1. The van der Waals surface area contributed by atoms with Gasteiger partial charge in [-0.3, -0.25) is 9.59 Å². The normalized spacial score (nSPS) is 13.7. The number of nitrogens with zero attached hydrogens (tertiary/aromatic N) is 1. The van der Waals surface area contributed by atoms with Crippen LogP contribution in [0.15, 0.2) is 66.7 Å². The van der Waals surface area contributed by atoms with Crippen molar-refractivity contribution in [3.63, 3.8) is 0 Å². The summed E-state index contributed by atoms with van der Waals surface area (Å²) in [5.74, 6) is 0.835. The first-order valence-corrected chi connectivity index (χ1v) is 10.2. The molecule has 1 aliphatic heterocycles. The van der Waals surface area contributed by atoms with Crippen LogP contribution >= 0.6 is 0 Å². The molecular weight excluding hydrogens is 378 g/mol. The van der Waals surface area contributed by atoms with Gasteiger partial charge in [0.2, 0.25) is 11.8 Å². The lowest BCUT2D eigenvalue weighted by Crippen LogP contribution is -2.47. The minimum Gasteiger partial charge on any atom is -0.493 e. The van der Waals surface area contributed by atoms with E-state index in [0.717, 1.165) is 34.4 Å². The van der Waals surface area contributed by atoms with Gasteiger partial charge in [0.15, 0.2) is 0 Å². The molecule has 154 valence electrons. The largest absolute Gasteiger partial charge is 0.493 e. The molecule has 0 unspecified atom stereocenters. The topological polar surface area (TPSA) is 70.7 Å². The quantitative estimate of drug-likeness (QED) is 0.592. The lowest BCUT2D eigenvalue weighted by molar-refractivity contribution is -0.120. The third-order valence-corrected chi connectivity index (χ3v) is 5.11. The van der Waals surface area contributed by atoms with Gasteiger partial charge in [-0.25, -0.2) is 0 Å². The molecule has 3 aromatic rings. The van der Waals surface area contributed by atoms with Gasteiger partial charge in [-0.15, -0.1) is 0 Å². The molecule has 3 aromatic carbocycles. The highest BCUT2D eigenvalue weighted by Crippen LogP contribution is 2.25. The van der Waals surface area contributed by atoms with Crippen LogP contribution in [0.2, 0.25) is 0 Å². The lowest BCUT2D eigenvalue weighted by Gasteiger charge is -2.28. The number of hydrogen-bond acceptors (Lipinski definition) is 4. The lowest BCUT2D eigenvalue weighted by atomic mass is 10.1. The van der Waals surface area contributed by atoms with Gasteiger partial charge in [0, 0.05) is 36.3 Å². The van der Waals surface area contributed by atoms with E-state index >= 15 is 0 Å². The number of anilines is 2. The predicted octanol–water partition coefficient (Wildman–Crippen LogP) is 3.57. The molecular formula is C24H25N3O3. The molecule has 0 atom stereocenters. The van der Waals surface area contributed by atoms with E-state index in [4.69, 9.17) is 4.74 Å². The molecule has 2 N–H and O–H groups in total. The van der Waals surface area contributed by atoms with Gasteiger partial charge in [0.1, 0.15) is 5.75 Å². The Labute approximate surface area is 175 Å². The van der Waals surface area contributed by atoms with Gasteiger partial charge in [-0.05, 0) is 42.1 Å². The summed E-state index contributed by atoms with van der Waals surface area (Å²) in [5, 5.41) is 7.95. The van der Waals surface area contributed by atoms with E-state index in [1.165, 1.54) is 0 Å². The van der Waals surface area contributed by atoms with E-state index in [2.05, 4.69) is 22.8 Å². The number of hydrogen-bond donors (Lipinski definition) is 2. The van der Waals surface area contributed by atoms with Crippen LogP contribution in [0, 0.1) is 0 Å². The average molecular weight is 403 g/mol. The van der Waals surface area contributed by atoms with Crippen molar-refractivity contribution in [2.24, 2.45) is 0 Å². The molecule has 6 nitrogen and oxygen atoms in total. The van der Waals surface area contributed by atoms with Crippen LogP contribution in [0.4, 0.5) is 11.4 Å². The fourth-order valence-corrected chi connectivity index (χ4v) is 3.57. The zero-order valence-electron chi connectivity index (χ0n) is 16.8. The summed E-state index contributed by atoms with van der Waals surface area (Å²) < 4.78 is 5.89. The molecule has 0 saturated carbocycles. The maximum Gasteiger partial charge on any atom is 0.239 e. The van der Waals surface area contributed by atoms with Crippen LogP contribution in [0.3, 0.4) is 0 Å². The second kappa shape index (κ2) is 9.31. The van der Waals surface area contributed by atoms with E-state index in [1.807, 2.05) is 59.5 Å². The maximum atomic E-state index is 12.2. The Hall–Kier alpha value is -3.54. The highest BCUT2D eigenvalue weighted by Gasteiger charge is 2.16. The summed E-state index contributed by atoms with van der Waals surface area (Å²) in [7, 11) is 0. The number of fused-ring (bicyclic) bond motifs is 1. The van der Waals surface area contributed by atoms with E-state index < -0.39 is 0 Å². The molecule has 2 amide bonds. The summed E-state index contributed by atoms with van der Waals surface area (Å²) >= 11 is 0. The van der Waals surface area contributed by atoms with Gasteiger partial charge in [0.25, 0.3) is 0 Å². The molecule has 4 rings (SSSR count). The van der Waals surface area contributed by atoms with Gasteiger partial charge >= 0.3 is 0 Å². The molecule has 30 heavy (non-hydrogen) atoms. The summed E-state index contributed by atoms with van der Waals surface area (Å²) in [6, 6.07) is 21.7. The van der Waals surface area contributed by atoms with Crippen LogP contribution in [0.1, 0.15) is 12.8 Å². The Morgan fingerprint density at radius 2 is 1.83 bits per heavy atom. The number of carbonyl (C=O) groups excluding carboxylic acids is 2. The fourth-order valence-electron chi connectivity index (χ4n) is 3.57. The number of amides is 2. The van der Waals surface area contributed by atoms with Gasteiger partial charge in [-0.1, -0.05) is 36.4 Å². The zero-order valence-corrected chi connectivity index (χ0v) is 16.8. The third kappa shape index (κ3) is 4.89. The molecule has 0 aliphatic carbocycles. The number of benzene rings is 3. The van der Waals surface area contributed by atoms with Crippen molar-refractivity contribution in [3.05, 3.63) is 66.7 Å². The minimum absolute atomic E-state index is 0.0318. The summed E-state index contributed by atoms with van der Waals surface area (Å²) in [5.41, 5.74) is 1.73. The van der Waals surface area contributed by atoms with E-state index in [-0.39, 0.29) is 11.8 Å². The zero-order chi connectivity index (χ0) is 20.8. The monoisotopic (exact) mass is 403 g/mol. The van der Waals surface area contributed by atoms with E-state index in [9.17, 15) is 9.59 Å². The van der Waals surface area contributed by atoms with Crippen LogP contribution in [-0.4, -0.2) is 38.1 Å². The molecule has 1 fully saturated rings. The molecule has 1 saturated heterocycles. The SMILES string of the molecule is O=C1CN(c2ccc(NC(=O)CCCOc3cccc4ccccc34)cc2)CCN1. The number of rotatable bonds is 7. The molecule has 0 bridgehead atoms. The third-order valence-electron chi connectivity index (χ3n) is 5.11. The van der Waals surface area contributed by atoms with Crippen molar-refractivity contribution in [1.29, 1.82) is 0 Å². The molecule has 0 aromatic heterocycles. The smallest absolute Gasteiger partial charge is 0.239 e.